The quantitative estimate of drug-likeness (QED) is 0.460. The van der Waals surface area contributed by atoms with E-state index in [1.165, 1.54) is 18.2 Å². The van der Waals surface area contributed by atoms with Crippen LogP contribution < -0.4 is 10.6 Å². The Hall–Kier alpha value is -2.44. The third kappa shape index (κ3) is 4.52. The summed E-state index contributed by atoms with van der Waals surface area (Å²) < 4.78 is 25.2. The molecular formula is C23H34N3O5P. The van der Waals surface area contributed by atoms with Gasteiger partial charge in [0.15, 0.2) is 11.6 Å². The first-order chi connectivity index (χ1) is 14.7. The third-order valence-corrected chi connectivity index (χ3v) is 7.39. The van der Waals surface area contributed by atoms with Gasteiger partial charge >= 0.3 is 7.52 Å². The number of amidine groups is 1. The maximum Gasteiger partial charge on any atom is 0.348 e. The zero-order valence-electron chi connectivity index (χ0n) is 19.9. The molecule has 1 aromatic carbocycles. The number of phenolic OH excluding ortho intramolecular Hbond substituents is 1. The highest BCUT2D eigenvalue weighted by Gasteiger charge is 2.38. The van der Waals surface area contributed by atoms with E-state index in [-0.39, 0.29) is 40.8 Å². The van der Waals surface area contributed by atoms with Crippen molar-refractivity contribution in [2.24, 2.45) is 10.2 Å². The van der Waals surface area contributed by atoms with E-state index in [0.717, 1.165) is 6.42 Å². The number of fused-ring (bicyclic) bond motifs is 1. The molecule has 3 rings (SSSR count). The van der Waals surface area contributed by atoms with Crippen molar-refractivity contribution in [3.05, 3.63) is 29.5 Å². The van der Waals surface area contributed by atoms with Crippen molar-refractivity contribution >= 4 is 24.3 Å². The normalized spacial score (nSPS) is 18.8. The number of aromatic nitrogens is 1. The highest BCUT2D eigenvalue weighted by molar-refractivity contribution is 7.66. The first-order valence-electron chi connectivity index (χ1n) is 10.8. The van der Waals surface area contributed by atoms with Crippen LogP contribution in [0.4, 0.5) is 5.69 Å². The summed E-state index contributed by atoms with van der Waals surface area (Å²) in [6, 6.07) is 4.34. The van der Waals surface area contributed by atoms with Crippen LogP contribution in [-0.2, 0) is 21.0 Å². The number of rotatable bonds is 5. The van der Waals surface area contributed by atoms with Crippen LogP contribution in [0.3, 0.4) is 0 Å². The lowest BCUT2D eigenvalue weighted by Crippen LogP contribution is -2.25. The number of aromatic hydroxyl groups is 3. The molecule has 0 spiro atoms. The SMILES string of the molecule is CCOP1(=O)N=C(c2c(O)c(C(C)(C)C)n(CCC(C)(C)C)c2O)Nc2cc(O)ccc21. The summed E-state index contributed by atoms with van der Waals surface area (Å²) in [5.74, 6) is -0.265. The van der Waals surface area contributed by atoms with Crippen LogP contribution in [0.15, 0.2) is 23.0 Å². The standard InChI is InChI=1S/C23H34N3O5P/c1-8-31-32(30)16-10-9-14(27)13-15(16)24-20(25-32)17-18(28)19(23(5,6)7)26(21(17)29)12-11-22(2,3)4/h9-10,13,27-29H,8,11-12H2,1-7H3,(H,24,25,30). The Labute approximate surface area is 189 Å². The lowest BCUT2D eigenvalue weighted by atomic mass is 9.89. The van der Waals surface area contributed by atoms with Gasteiger partial charge in [0.05, 0.1) is 23.3 Å². The minimum atomic E-state index is -3.69. The van der Waals surface area contributed by atoms with Crippen LogP contribution in [-0.4, -0.2) is 32.3 Å². The van der Waals surface area contributed by atoms with Crippen molar-refractivity contribution in [3.8, 4) is 17.4 Å². The molecule has 8 nitrogen and oxygen atoms in total. The Morgan fingerprint density at radius 2 is 1.78 bits per heavy atom. The molecule has 0 bridgehead atoms. The monoisotopic (exact) mass is 463 g/mol. The molecule has 32 heavy (non-hydrogen) atoms. The molecule has 176 valence electrons. The fourth-order valence-corrected chi connectivity index (χ4v) is 5.59. The maximum atomic E-state index is 13.6. The Morgan fingerprint density at radius 1 is 1.12 bits per heavy atom. The fraction of sp³-hybridized carbons (Fsp3) is 0.522. The van der Waals surface area contributed by atoms with Gasteiger partial charge in [-0.15, -0.1) is 0 Å². The summed E-state index contributed by atoms with van der Waals surface area (Å²) in [4.78, 5) is 0. The molecule has 1 aromatic heterocycles. The molecule has 4 N–H and O–H groups in total. The molecule has 1 aliphatic heterocycles. The van der Waals surface area contributed by atoms with Gasteiger partial charge in [0, 0.05) is 18.0 Å². The largest absolute Gasteiger partial charge is 0.508 e. The number of benzene rings is 1. The molecule has 1 unspecified atom stereocenters. The molecule has 0 saturated heterocycles. The van der Waals surface area contributed by atoms with Gasteiger partial charge in [-0.2, -0.15) is 4.76 Å². The van der Waals surface area contributed by atoms with Crippen LogP contribution in [0.1, 0.15) is 66.1 Å². The van der Waals surface area contributed by atoms with Gasteiger partial charge in [-0.25, -0.2) is 0 Å². The van der Waals surface area contributed by atoms with Crippen molar-refractivity contribution in [2.75, 3.05) is 11.9 Å². The van der Waals surface area contributed by atoms with Crippen molar-refractivity contribution < 1.29 is 24.4 Å². The Bertz CT molecular complexity index is 1110. The van der Waals surface area contributed by atoms with Gasteiger partial charge in [-0.1, -0.05) is 41.5 Å². The highest BCUT2D eigenvalue weighted by atomic mass is 31.2. The van der Waals surface area contributed by atoms with Crippen molar-refractivity contribution in [2.45, 2.75) is 66.8 Å². The van der Waals surface area contributed by atoms with Crippen LogP contribution in [0, 0.1) is 5.41 Å². The number of hydrogen-bond donors (Lipinski definition) is 4. The van der Waals surface area contributed by atoms with Crippen molar-refractivity contribution in [3.63, 3.8) is 0 Å². The van der Waals surface area contributed by atoms with E-state index in [1.807, 2.05) is 20.8 Å². The second kappa shape index (κ2) is 8.16. The third-order valence-electron chi connectivity index (χ3n) is 5.32. The maximum absolute atomic E-state index is 13.6. The zero-order chi connectivity index (χ0) is 24.1. The molecule has 2 aromatic rings. The second-order valence-electron chi connectivity index (χ2n) is 10.3. The van der Waals surface area contributed by atoms with Crippen LogP contribution in [0.2, 0.25) is 0 Å². The Balaban J connectivity index is 2.22. The summed E-state index contributed by atoms with van der Waals surface area (Å²) in [6.45, 7) is 14.6. The summed E-state index contributed by atoms with van der Waals surface area (Å²) in [5.41, 5.74) is 0.519. The van der Waals surface area contributed by atoms with Gasteiger partial charge in [0.2, 0.25) is 5.88 Å². The number of hydrogen-bond acceptors (Lipinski definition) is 6. The lowest BCUT2D eigenvalue weighted by Gasteiger charge is -2.25. The van der Waals surface area contributed by atoms with E-state index >= 15 is 0 Å². The lowest BCUT2D eigenvalue weighted by molar-refractivity contribution is 0.319. The smallest absolute Gasteiger partial charge is 0.348 e. The molecule has 0 aliphatic carbocycles. The van der Waals surface area contributed by atoms with Crippen molar-refractivity contribution in [1.29, 1.82) is 0 Å². The number of nitrogens with zero attached hydrogens (tertiary/aromatic N) is 2. The zero-order valence-corrected chi connectivity index (χ0v) is 20.7. The molecule has 0 amide bonds. The first kappa shape index (κ1) is 24.2. The van der Waals surface area contributed by atoms with Gasteiger partial charge in [0.25, 0.3) is 0 Å². The van der Waals surface area contributed by atoms with E-state index in [1.54, 1.807) is 11.5 Å². The molecule has 1 aliphatic rings. The first-order valence-corrected chi connectivity index (χ1v) is 12.4. The van der Waals surface area contributed by atoms with E-state index in [9.17, 15) is 19.9 Å². The van der Waals surface area contributed by atoms with E-state index in [0.29, 0.717) is 23.2 Å². The van der Waals surface area contributed by atoms with E-state index in [4.69, 9.17) is 4.52 Å². The summed E-state index contributed by atoms with van der Waals surface area (Å²) >= 11 is 0. The fourth-order valence-electron chi connectivity index (χ4n) is 3.83. The van der Waals surface area contributed by atoms with Gasteiger partial charge in [-0.3, -0.25) is 4.57 Å². The van der Waals surface area contributed by atoms with Gasteiger partial charge in [-0.05, 0) is 30.9 Å². The topological polar surface area (TPSA) is 116 Å². The van der Waals surface area contributed by atoms with Crippen molar-refractivity contribution in [1.82, 2.24) is 4.57 Å². The van der Waals surface area contributed by atoms with Gasteiger partial charge in [0.1, 0.15) is 11.3 Å². The molecule has 0 radical (unpaired) electrons. The summed E-state index contributed by atoms with van der Waals surface area (Å²) in [6.07, 6.45) is 0.769. The van der Waals surface area contributed by atoms with E-state index < -0.39 is 12.9 Å². The molecule has 0 fully saturated rings. The summed E-state index contributed by atoms with van der Waals surface area (Å²) in [7, 11) is -3.69. The predicted octanol–water partition coefficient (Wildman–Crippen LogP) is 5.07. The highest BCUT2D eigenvalue weighted by Crippen LogP contribution is 2.53. The molecule has 2 heterocycles. The molecular weight excluding hydrogens is 429 g/mol. The Morgan fingerprint density at radius 3 is 2.34 bits per heavy atom. The predicted molar refractivity (Wildman–Crippen MR) is 128 cm³/mol. The Kier molecular flexibility index (Phi) is 6.17. The molecule has 9 heteroatoms. The average molecular weight is 464 g/mol. The van der Waals surface area contributed by atoms with Crippen LogP contribution in [0.5, 0.6) is 17.4 Å². The van der Waals surface area contributed by atoms with Crippen LogP contribution >= 0.6 is 7.52 Å². The number of phenols is 1. The van der Waals surface area contributed by atoms with Gasteiger partial charge < -0.3 is 29.7 Å². The minimum absolute atomic E-state index is 0.0173. The molecule has 0 saturated carbocycles. The van der Waals surface area contributed by atoms with E-state index in [2.05, 4.69) is 30.9 Å². The summed E-state index contributed by atoms with van der Waals surface area (Å²) in [5, 5.41) is 35.7. The number of anilines is 1. The molecule has 1 atom stereocenters. The average Bonchev–Trinajstić information content (AvgIpc) is 2.88. The number of nitrogens with one attached hydrogen (secondary N) is 1. The second-order valence-corrected chi connectivity index (χ2v) is 12.3. The van der Waals surface area contributed by atoms with Crippen LogP contribution in [0.25, 0.3) is 0 Å². The minimum Gasteiger partial charge on any atom is -0.508 e.